The van der Waals surface area contributed by atoms with Gasteiger partial charge >= 0.3 is 5.97 Å². The molecule has 1 N–H and O–H groups in total. The zero-order valence-corrected chi connectivity index (χ0v) is 16.2. The maximum absolute atomic E-state index is 12.6. The number of anilines is 1. The highest BCUT2D eigenvalue weighted by Crippen LogP contribution is 2.27. The molecule has 1 amide bonds. The molecule has 0 radical (unpaired) electrons. The van der Waals surface area contributed by atoms with Gasteiger partial charge in [0.25, 0.3) is 5.91 Å². The first kappa shape index (κ1) is 18.1. The molecule has 0 saturated carbocycles. The predicted octanol–water partition coefficient (Wildman–Crippen LogP) is 4.58. The van der Waals surface area contributed by atoms with Gasteiger partial charge in [-0.3, -0.25) is 15.1 Å². The third-order valence-electron chi connectivity index (χ3n) is 4.21. The van der Waals surface area contributed by atoms with Gasteiger partial charge in [0.1, 0.15) is 0 Å². The maximum atomic E-state index is 12.6. The molecule has 2 heterocycles. The largest absolute Gasteiger partial charge is 0.462 e. The lowest BCUT2D eigenvalue weighted by Crippen LogP contribution is -2.11. The predicted molar refractivity (Wildman–Crippen MR) is 110 cm³/mol. The number of thiazole rings is 1. The Labute approximate surface area is 165 Å². The zero-order chi connectivity index (χ0) is 19.7. The van der Waals surface area contributed by atoms with Crippen LogP contribution in [0.25, 0.3) is 21.1 Å². The summed E-state index contributed by atoms with van der Waals surface area (Å²) in [6.07, 6.45) is 0. The van der Waals surface area contributed by atoms with Crippen molar-refractivity contribution in [1.82, 2.24) is 9.97 Å². The Morgan fingerprint density at radius 3 is 2.61 bits per heavy atom. The summed E-state index contributed by atoms with van der Waals surface area (Å²) in [5, 5.41) is 4.28. The molecular weight excluding hydrogens is 374 g/mol. The number of ether oxygens (including phenoxy) is 1. The van der Waals surface area contributed by atoms with E-state index < -0.39 is 0 Å². The Balaban J connectivity index is 1.58. The van der Waals surface area contributed by atoms with E-state index in [0.29, 0.717) is 28.4 Å². The number of aromatic nitrogens is 2. The third-order valence-corrected chi connectivity index (χ3v) is 5.15. The second-order valence-electron chi connectivity index (χ2n) is 6.24. The van der Waals surface area contributed by atoms with Crippen molar-refractivity contribution in [3.8, 4) is 0 Å². The number of carbonyl (C=O) groups excluding carboxylic acids is 2. The SMILES string of the molecule is CCOC(=O)c1ccc2nc(NC(=O)c3ccc4ccc(C)nc4c3)sc2c1. The highest BCUT2D eigenvalue weighted by Gasteiger charge is 2.13. The monoisotopic (exact) mass is 391 g/mol. The molecule has 0 unspecified atom stereocenters. The van der Waals surface area contributed by atoms with Gasteiger partial charge in [-0.1, -0.05) is 23.5 Å². The van der Waals surface area contributed by atoms with E-state index in [0.717, 1.165) is 21.3 Å². The zero-order valence-electron chi connectivity index (χ0n) is 15.4. The molecule has 4 rings (SSSR count). The van der Waals surface area contributed by atoms with Crippen LogP contribution in [0.3, 0.4) is 0 Å². The summed E-state index contributed by atoms with van der Waals surface area (Å²) < 4.78 is 5.82. The number of carbonyl (C=O) groups is 2. The van der Waals surface area contributed by atoms with Crippen LogP contribution in [-0.2, 0) is 4.74 Å². The summed E-state index contributed by atoms with van der Waals surface area (Å²) in [7, 11) is 0. The second-order valence-corrected chi connectivity index (χ2v) is 7.27. The van der Waals surface area contributed by atoms with Crippen LogP contribution in [-0.4, -0.2) is 28.5 Å². The molecule has 2 aromatic carbocycles. The van der Waals surface area contributed by atoms with E-state index in [2.05, 4.69) is 15.3 Å². The molecule has 0 fully saturated rings. The Kier molecular flexibility index (Phi) is 4.75. The number of pyridine rings is 1. The molecule has 0 aliphatic rings. The van der Waals surface area contributed by atoms with Crippen molar-refractivity contribution >= 4 is 49.5 Å². The van der Waals surface area contributed by atoms with E-state index in [-0.39, 0.29) is 11.9 Å². The average Bonchev–Trinajstić information content (AvgIpc) is 3.08. The van der Waals surface area contributed by atoms with E-state index in [1.54, 1.807) is 37.3 Å². The highest BCUT2D eigenvalue weighted by molar-refractivity contribution is 7.22. The van der Waals surface area contributed by atoms with Gasteiger partial charge in [-0.25, -0.2) is 9.78 Å². The number of nitrogens with one attached hydrogen (secondary N) is 1. The molecule has 28 heavy (non-hydrogen) atoms. The maximum Gasteiger partial charge on any atom is 0.338 e. The Bertz CT molecular complexity index is 1220. The van der Waals surface area contributed by atoms with E-state index in [1.807, 2.05) is 25.1 Å². The van der Waals surface area contributed by atoms with Crippen LogP contribution >= 0.6 is 11.3 Å². The first-order valence-corrected chi connectivity index (χ1v) is 9.61. The van der Waals surface area contributed by atoms with Crippen LogP contribution in [0, 0.1) is 6.92 Å². The summed E-state index contributed by atoms with van der Waals surface area (Å²) in [5.74, 6) is -0.628. The Morgan fingerprint density at radius 1 is 1.00 bits per heavy atom. The molecule has 4 aromatic rings. The molecule has 0 bridgehead atoms. The fourth-order valence-corrected chi connectivity index (χ4v) is 3.75. The molecule has 7 heteroatoms. The van der Waals surface area contributed by atoms with Crippen LogP contribution in [0.15, 0.2) is 48.5 Å². The average molecular weight is 391 g/mol. The lowest BCUT2D eigenvalue weighted by molar-refractivity contribution is 0.0526. The van der Waals surface area contributed by atoms with Crippen LogP contribution < -0.4 is 5.32 Å². The van der Waals surface area contributed by atoms with Crippen molar-refractivity contribution in [2.24, 2.45) is 0 Å². The van der Waals surface area contributed by atoms with E-state index in [1.165, 1.54) is 11.3 Å². The Hall–Kier alpha value is -3.32. The number of hydrogen-bond acceptors (Lipinski definition) is 6. The van der Waals surface area contributed by atoms with Gasteiger partial charge in [-0.2, -0.15) is 0 Å². The third kappa shape index (κ3) is 3.57. The highest BCUT2D eigenvalue weighted by atomic mass is 32.1. The number of fused-ring (bicyclic) bond motifs is 2. The second kappa shape index (κ2) is 7.36. The number of esters is 1. The summed E-state index contributed by atoms with van der Waals surface area (Å²) in [6.45, 7) is 4.00. The van der Waals surface area contributed by atoms with Crippen LogP contribution in [0.2, 0.25) is 0 Å². The van der Waals surface area contributed by atoms with Crippen LogP contribution in [0.1, 0.15) is 33.3 Å². The van der Waals surface area contributed by atoms with E-state index in [9.17, 15) is 9.59 Å². The number of nitrogens with zero attached hydrogens (tertiary/aromatic N) is 2. The summed E-state index contributed by atoms with van der Waals surface area (Å²) in [5.41, 5.74) is 3.36. The molecule has 0 aliphatic carbocycles. The quantitative estimate of drug-likeness (QED) is 0.515. The van der Waals surface area contributed by atoms with Crippen molar-refractivity contribution in [1.29, 1.82) is 0 Å². The summed E-state index contributed by atoms with van der Waals surface area (Å²) in [6, 6.07) is 14.5. The minimum Gasteiger partial charge on any atom is -0.462 e. The van der Waals surface area contributed by atoms with Crippen molar-refractivity contribution in [2.45, 2.75) is 13.8 Å². The molecule has 0 spiro atoms. The van der Waals surface area contributed by atoms with E-state index in [4.69, 9.17) is 4.74 Å². The van der Waals surface area contributed by atoms with Crippen molar-refractivity contribution in [3.05, 3.63) is 65.4 Å². The molecule has 0 atom stereocenters. The fourth-order valence-electron chi connectivity index (χ4n) is 2.85. The van der Waals surface area contributed by atoms with Gasteiger partial charge < -0.3 is 4.74 Å². The van der Waals surface area contributed by atoms with Gasteiger partial charge in [0.15, 0.2) is 5.13 Å². The number of benzene rings is 2. The standard InChI is InChI=1S/C21H17N3O3S/c1-3-27-20(26)15-8-9-16-18(11-15)28-21(23-16)24-19(25)14-7-6-13-5-4-12(2)22-17(13)10-14/h4-11H,3H2,1-2H3,(H,23,24,25). The smallest absolute Gasteiger partial charge is 0.338 e. The molecule has 6 nitrogen and oxygen atoms in total. The van der Waals surface area contributed by atoms with Gasteiger partial charge in [0.2, 0.25) is 0 Å². The van der Waals surface area contributed by atoms with Crippen molar-refractivity contribution in [3.63, 3.8) is 0 Å². The first-order valence-electron chi connectivity index (χ1n) is 8.80. The lowest BCUT2D eigenvalue weighted by Gasteiger charge is -2.04. The fraction of sp³-hybridized carbons (Fsp3) is 0.143. The number of amides is 1. The van der Waals surface area contributed by atoms with Crippen LogP contribution in [0.5, 0.6) is 0 Å². The molecule has 0 saturated heterocycles. The van der Waals surface area contributed by atoms with Crippen LogP contribution in [0.4, 0.5) is 5.13 Å². The minimum absolute atomic E-state index is 0.255. The molecule has 140 valence electrons. The number of hydrogen-bond donors (Lipinski definition) is 1. The number of rotatable bonds is 4. The first-order chi connectivity index (χ1) is 13.5. The minimum atomic E-state index is -0.373. The summed E-state index contributed by atoms with van der Waals surface area (Å²) in [4.78, 5) is 33.4. The van der Waals surface area contributed by atoms with Crippen molar-refractivity contribution < 1.29 is 14.3 Å². The molecule has 2 aromatic heterocycles. The Morgan fingerprint density at radius 2 is 1.79 bits per heavy atom. The van der Waals surface area contributed by atoms with E-state index >= 15 is 0 Å². The number of aryl methyl sites for hydroxylation is 1. The van der Waals surface area contributed by atoms with Gasteiger partial charge in [-0.15, -0.1) is 0 Å². The lowest BCUT2D eigenvalue weighted by atomic mass is 10.1. The van der Waals surface area contributed by atoms with Gasteiger partial charge in [-0.05, 0) is 50.2 Å². The summed E-state index contributed by atoms with van der Waals surface area (Å²) >= 11 is 1.31. The van der Waals surface area contributed by atoms with Crippen molar-refractivity contribution in [2.75, 3.05) is 11.9 Å². The molecular formula is C21H17N3O3S. The molecule has 0 aliphatic heterocycles. The van der Waals surface area contributed by atoms with Gasteiger partial charge in [0.05, 0.1) is 27.9 Å². The topological polar surface area (TPSA) is 81.2 Å². The van der Waals surface area contributed by atoms with Gasteiger partial charge in [0, 0.05) is 16.6 Å². The normalized spacial score (nSPS) is 10.9.